The molecule has 0 saturated heterocycles. The van der Waals surface area contributed by atoms with Gasteiger partial charge in [0.05, 0.1) is 0 Å². The van der Waals surface area contributed by atoms with Crippen LogP contribution in [0.2, 0.25) is 0 Å². The fraction of sp³-hybridized carbons (Fsp3) is 0.200. The van der Waals surface area contributed by atoms with Crippen molar-refractivity contribution in [3.05, 3.63) is 21.0 Å². The molecule has 0 unspecified atom stereocenters. The van der Waals surface area contributed by atoms with Crippen LogP contribution in [0.15, 0.2) is 9.59 Å². The minimum absolute atomic E-state index is 0. The maximum absolute atomic E-state index is 10.6. The first-order valence-corrected chi connectivity index (χ1v) is 2.93. The van der Waals surface area contributed by atoms with Crippen molar-refractivity contribution < 1.29 is 15.7 Å². The molecule has 0 aliphatic heterocycles. The Morgan fingerprint density at radius 1 is 1.36 bits per heavy atom. The lowest BCUT2D eigenvalue weighted by molar-refractivity contribution is 0.333. The first kappa shape index (κ1) is 14.3. The van der Waals surface area contributed by atoms with E-state index in [1.165, 1.54) is 0 Å². The molecule has 0 radical (unpaired) electrons. The zero-order valence-corrected chi connectivity index (χ0v) is 6.83. The fourth-order valence-corrected chi connectivity index (χ4v) is 0.543. The van der Waals surface area contributed by atoms with Gasteiger partial charge in [-0.1, -0.05) is 0 Å². The van der Waals surface area contributed by atoms with Gasteiger partial charge in [0.25, 0.3) is 0 Å². The molecule has 9 heteroatoms. The van der Waals surface area contributed by atoms with Gasteiger partial charge in [0.2, 0.25) is 0 Å². The number of H-pyrrole nitrogens is 2. The Hall–Kier alpha value is -2.18. The first-order valence-electron chi connectivity index (χ1n) is 2.93. The molecule has 9 nitrogen and oxygen atoms in total. The van der Waals surface area contributed by atoms with Crippen LogP contribution in [0.5, 0.6) is 6.01 Å². The van der Waals surface area contributed by atoms with Gasteiger partial charge in [-0.2, -0.15) is 5.26 Å². The molecule has 0 amide bonds. The van der Waals surface area contributed by atoms with E-state index in [9.17, 15) is 9.59 Å². The lowest BCUT2D eigenvalue weighted by Gasteiger charge is -1.95. The van der Waals surface area contributed by atoms with E-state index >= 15 is 0 Å². The van der Waals surface area contributed by atoms with Gasteiger partial charge in [-0.3, -0.25) is 9.97 Å². The molecule has 0 aliphatic carbocycles. The second-order valence-electron chi connectivity index (χ2n) is 1.75. The van der Waals surface area contributed by atoms with Crippen LogP contribution < -0.4 is 16.1 Å². The summed E-state index contributed by atoms with van der Waals surface area (Å²) in [6, 6.07) is 1.40. The van der Waals surface area contributed by atoms with Gasteiger partial charge in [-0.25, -0.2) is 9.59 Å². The Kier molecular flexibility index (Phi) is 6.51. The maximum Gasteiger partial charge on any atom is 0.353 e. The smallest absolute Gasteiger partial charge is 0.353 e. The monoisotopic (exact) mass is 204 g/mol. The number of hydrogen-bond acceptors (Lipinski definition) is 5. The van der Waals surface area contributed by atoms with Gasteiger partial charge in [-0.15, -0.1) is 4.98 Å². The summed E-state index contributed by atoms with van der Waals surface area (Å²) in [5.41, 5.74) is -1.53. The molecule has 14 heavy (non-hydrogen) atoms. The van der Waals surface area contributed by atoms with E-state index in [0.717, 1.165) is 0 Å². The summed E-state index contributed by atoms with van der Waals surface area (Å²) in [5, 5.41) is 8.09. The Bertz CT molecular complexity index is 387. The highest BCUT2D eigenvalue weighted by atomic mass is 16.5. The third kappa shape index (κ3) is 4.00. The molecule has 0 aliphatic rings. The van der Waals surface area contributed by atoms with Crippen LogP contribution in [0.4, 0.5) is 0 Å². The molecule has 1 heterocycles. The second-order valence-corrected chi connectivity index (χ2v) is 1.75. The molecule has 0 bridgehead atoms. The number of nitriles is 1. The van der Waals surface area contributed by atoms with Crippen LogP contribution in [0.1, 0.15) is 0 Å². The Labute approximate surface area is 76.6 Å². The average molecular weight is 204 g/mol. The van der Waals surface area contributed by atoms with Crippen molar-refractivity contribution in [1.29, 1.82) is 5.26 Å². The summed E-state index contributed by atoms with van der Waals surface area (Å²) in [6.45, 7) is -0.271. The van der Waals surface area contributed by atoms with Gasteiger partial charge in [0, 0.05) is 0 Å². The Balaban J connectivity index is 0. The number of ether oxygens (including phenoxy) is 1. The minimum Gasteiger partial charge on any atom is -0.449 e. The van der Waals surface area contributed by atoms with Crippen molar-refractivity contribution in [1.82, 2.24) is 15.0 Å². The predicted octanol–water partition coefficient (Wildman–Crippen LogP) is -3.29. The summed E-state index contributed by atoms with van der Waals surface area (Å²) in [4.78, 5) is 28.3. The van der Waals surface area contributed by atoms with Crippen molar-refractivity contribution >= 4 is 0 Å². The summed E-state index contributed by atoms with van der Waals surface area (Å²) >= 11 is 0. The molecule has 0 saturated carbocycles. The number of rotatable bonds is 2. The molecule has 0 aromatic carbocycles. The standard InChI is InChI=1S/C5H4N4O3.2H2O/c6-1-2-12-5-8-3(10)7-4(11)9-5;;/h2H2,(H2,7,8,9,10,11);2*1H2. The van der Waals surface area contributed by atoms with Gasteiger partial charge in [0.15, 0.2) is 6.61 Å². The second kappa shape index (κ2) is 6.35. The zero-order valence-electron chi connectivity index (χ0n) is 6.83. The SMILES string of the molecule is N#CCOc1nc(=O)[nH]c(=O)[nH]1.O.O. The fourth-order valence-electron chi connectivity index (χ4n) is 0.543. The van der Waals surface area contributed by atoms with Crippen LogP contribution in [0.3, 0.4) is 0 Å². The zero-order chi connectivity index (χ0) is 8.97. The molecule has 0 fully saturated rings. The largest absolute Gasteiger partial charge is 0.449 e. The molecule has 0 spiro atoms. The van der Waals surface area contributed by atoms with Crippen LogP contribution in [0, 0.1) is 11.3 Å². The lowest BCUT2D eigenvalue weighted by Crippen LogP contribution is -2.25. The van der Waals surface area contributed by atoms with Crippen LogP contribution in [-0.4, -0.2) is 32.5 Å². The third-order valence-electron chi connectivity index (χ3n) is 0.917. The molecule has 1 aromatic heterocycles. The minimum atomic E-state index is -0.813. The number of nitrogens with one attached hydrogen (secondary N) is 2. The van der Waals surface area contributed by atoms with Crippen molar-refractivity contribution in [2.24, 2.45) is 0 Å². The molecule has 1 rings (SSSR count). The lowest BCUT2D eigenvalue weighted by atomic mass is 10.8. The quantitative estimate of drug-likeness (QED) is 0.512. The maximum atomic E-state index is 10.6. The van der Waals surface area contributed by atoms with Crippen molar-refractivity contribution in [2.75, 3.05) is 6.61 Å². The molecule has 0 atom stereocenters. The van der Waals surface area contributed by atoms with Gasteiger partial charge in [-0.05, 0) is 0 Å². The summed E-state index contributed by atoms with van der Waals surface area (Å²) in [6.07, 6.45) is 0. The van der Waals surface area contributed by atoms with E-state index in [2.05, 4.69) is 14.7 Å². The highest BCUT2D eigenvalue weighted by Gasteiger charge is 1.96. The molecular formula is C5H8N4O5. The molecule has 78 valence electrons. The average Bonchev–Trinajstić information content (AvgIpc) is 1.99. The molecule has 1 aromatic rings. The van der Waals surface area contributed by atoms with E-state index in [-0.39, 0.29) is 23.6 Å². The van der Waals surface area contributed by atoms with Crippen LogP contribution in [-0.2, 0) is 0 Å². The number of hydrogen-bond donors (Lipinski definition) is 2. The summed E-state index contributed by atoms with van der Waals surface area (Å²) in [7, 11) is 0. The number of nitrogens with zero attached hydrogens (tertiary/aromatic N) is 2. The van der Waals surface area contributed by atoms with E-state index < -0.39 is 11.4 Å². The van der Waals surface area contributed by atoms with Gasteiger partial charge < -0.3 is 15.7 Å². The highest BCUT2D eigenvalue weighted by Crippen LogP contribution is 1.89. The summed E-state index contributed by atoms with van der Waals surface area (Å²) < 4.78 is 4.57. The highest BCUT2D eigenvalue weighted by molar-refractivity contribution is 4.89. The summed E-state index contributed by atoms with van der Waals surface area (Å²) in [5.74, 6) is 0. The molecular weight excluding hydrogens is 196 g/mol. The topological polar surface area (TPSA) is 175 Å². The van der Waals surface area contributed by atoms with Crippen LogP contribution in [0.25, 0.3) is 0 Å². The Morgan fingerprint density at radius 2 is 2.00 bits per heavy atom. The number of aromatic nitrogens is 3. The van der Waals surface area contributed by atoms with Crippen LogP contribution >= 0.6 is 0 Å². The third-order valence-corrected chi connectivity index (χ3v) is 0.917. The van der Waals surface area contributed by atoms with E-state index in [4.69, 9.17) is 5.26 Å². The molecule has 6 N–H and O–H groups in total. The van der Waals surface area contributed by atoms with E-state index in [1.54, 1.807) is 6.07 Å². The van der Waals surface area contributed by atoms with E-state index in [0.29, 0.717) is 0 Å². The first-order chi connectivity index (χ1) is 5.72. The van der Waals surface area contributed by atoms with Crippen molar-refractivity contribution in [2.45, 2.75) is 0 Å². The van der Waals surface area contributed by atoms with Gasteiger partial charge in [0.1, 0.15) is 6.07 Å². The van der Waals surface area contributed by atoms with Gasteiger partial charge >= 0.3 is 17.4 Å². The Morgan fingerprint density at radius 3 is 2.50 bits per heavy atom. The van der Waals surface area contributed by atoms with Crippen molar-refractivity contribution in [3.8, 4) is 12.1 Å². The normalized spacial score (nSPS) is 7.64. The predicted molar refractivity (Wildman–Crippen MR) is 43.8 cm³/mol. The van der Waals surface area contributed by atoms with E-state index in [1.807, 2.05) is 4.98 Å². The van der Waals surface area contributed by atoms with Crippen molar-refractivity contribution in [3.63, 3.8) is 0 Å². The number of aromatic amines is 2.